The Bertz CT molecular complexity index is 531. The highest BCUT2D eigenvalue weighted by molar-refractivity contribution is 5.30. The Balaban J connectivity index is 1.90. The first-order valence-electron chi connectivity index (χ1n) is 6.90. The minimum absolute atomic E-state index is 0.556. The number of aryl methyl sites for hydroxylation is 1. The summed E-state index contributed by atoms with van der Waals surface area (Å²) in [6.07, 6.45) is 3.59. The maximum atomic E-state index is 5.68. The zero-order valence-corrected chi connectivity index (χ0v) is 12.0. The molecule has 2 aromatic heterocycles. The fourth-order valence-electron chi connectivity index (χ4n) is 1.74. The average molecular weight is 272 g/mol. The average Bonchev–Trinajstić information content (AvgIpc) is 2.46. The third kappa shape index (κ3) is 4.50. The molecule has 0 fully saturated rings. The van der Waals surface area contributed by atoms with Gasteiger partial charge in [0.05, 0.1) is 6.61 Å². The lowest BCUT2D eigenvalue weighted by molar-refractivity contribution is 0.308. The first kappa shape index (κ1) is 14.2. The maximum Gasteiger partial charge on any atom is 0.226 e. The maximum absolute atomic E-state index is 5.68. The monoisotopic (exact) mass is 272 g/mol. The SMILES string of the molecule is CCCNc1nc(C)cc(OCCc2ccccn2)n1. The Labute approximate surface area is 119 Å². The number of anilines is 1. The number of pyridine rings is 1. The molecule has 1 N–H and O–H groups in total. The fraction of sp³-hybridized carbons (Fsp3) is 0.400. The number of ether oxygens (including phenoxy) is 1. The van der Waals surface area contributed by atoms with Crippen LogP contribution in [0.25, 0.3) is 0 Å². The van der Waals surface area contributed by atoms with Crippen molar-refractivity contribution in [1.82, 2.24) is 15.0 Å². The second kappa shape index (κ2) is 7.43. The summed E-state index contributed by atoms with van der Waals surface area (Å²) in [7, 11) is 0. The molecule has 0 aliphatic heterocycles. The van der Waals surface area contributed by atoms with Crippen LogP contribution in [-0.4, -0.2) is 28.1 Å². The van der Waals surface area contributed by atoms with Crippen LogP contribution in [0.2, 0.25) is 0 Å². The number of nitrogens with one attached hydrogen (secondary N) is 1. The molecule has 0 atom stereocenters. The Morgan fingerprint density at radius 3 is 2.90 bits per heavy atom. The van der Waals surface area contributed by atoms with Crippen LogP contribution >= 0.6 is 0 Å². The molecule has 2 heterocycles. The van der Waals surface area contributed by atoms with E-state index in [0.29, 0.717) is 18.4 Å². The van der Waals surface area contributed by atoms with Crippen LogP contribution in [-0.2, 0) is 6.42 Å². The second-order valence-corrected chi connectivity index (χ2v) is 4.52. The van der Waals surface area contributed by atoms with Crippen molar-refractivity contribution in [1.29, 1.82) is 0 Å². The molecule has 0 aliphatic carbocycles. The van der Waals surface area contributed by atoms with Gasteiger partial charge in [-0.15, -0.1) is 0 Å². The summed E-state index contributed by atoms with van der Waals surface area (Å²) in [6.45, 7) is 5.45. The lowest BCUT2D eigenvalue weighted by Crippen LogP contribution is -2.08. The van der Waals surface area contributed by atoms with Crippen molar-refractivity contribution in [3.63, 3.8) is 0 Å². The van der Waals surface area contributed by atoms with Gasteiger partial charge in [0, 0.05) is 36.6 Å². The highest BCUT2D eigenvalue weighted by atomic mass is 16.5. The molecule has 2 aromatic rings. The van der Waals surface area contributed by atoms with Gasteiger partial charge in [-0.2, -0.15) is 4.98 Å². The lowest BCUT2D eigenvalue weighted by atomic mass is 10.3. The van der Waals surface area contributed by atoms with Crippen molar-refractivity contribution in [3.05, 3.63) is 41.9 Å². The predicted octanol–water partition coefficient (Wildman–Crippen LogP) is 2.62. The Kier molecular flexibility index (Phi) is 5.29. The summed E-state index contributed by atoms with van der Waals surface area (Å²) < 4.78 is 5.68. The van der Waals surface area contributed by atoms with E-state index in [1.165, 1.54) is 0 Å². The number of rotatable bonds is 7. The van der Waals surface area contributed by atoms with Crippen LogP contribution in [0.5, 0.6) is 5.88 Å². The quantitative estimate of drug-likeness (QED) is 0.839. The minimum atomic E-state index is 0.556. The van der Waals surface area contributed by atoms with E-state index in [2.05, 4.69) is 27.2 Å². The van der Waals surface area contributed by atoms with Crippen molar-refractivity contribution in [2.24, 2.45) is 0 Å². The molecule has 0 radical (unpaired) electrons. The summed E-state index contributed by atoms with van der Waals surface area (Å²) in [6, 6.07) is 7.71. The number of hydrogen-bond acceptors (Lipinski definition) is 5. The second-order valence-electron chi connectivity index (χ2n) is 4.52. The largest absolute Gasteiger partial charge is 0.477 e. The molecule has 20 heavy (non-hydrogen) atoms. The molecule has 0 saturated heterocycles. The van der Waals surface area contributed by atoms with Crippen LogP contribution in [0, 0.1) is 6.92 Å². The van der Waals surface area contributed by atoms with E-state index in [-0.39, 0.29) is 0 Å². The van der Waals surface area contributed by atoms with Gasteiger partial charge < -0.3 is 10.1 Å². The van der Waals surface area contributed by atoms with E-state index < -0.39 is 0 Å². The summed E-state index contributed by atoms with van der Waals surface area (Å²) in [4.78, 5) is 12.9. The normalized spacial score (nSPS) is 10.3. The van der Waals surface area contributed by atoms with Gasteiger partial charge in [0.1, 0.15) is 0 Å². The van der Waals surface area contributed by atoms with E-state index >= 15 is 0 Å². The third-order valence-corrected chi connectivity index (χ3v) is 2.70. The van der Waals surface area contributed by atoms with Gasteiger partial charge in [-0.1, -0.05) is 13.0 Å². The van der Waals surface area contributed by atoms with Gasteiger partial charge in [0.2, 0.25) is 11.8 Å². The zero-order chi connectivity index (χ0) is 14.2. The number of nitrogens with zero attached hydrogens (tertiary/aromatic N) is 3. The first-order valence-corrected chi connectivity index (χ1v) is 6.90. The highest BCUT2D eigenvalue weighted by Gasteiger charge is 2.03. The highest BCUT2D eigenvalue weighted by Crippen LogP contribution is 2.12. The molecular formula is C15H20N4O. The van der Waals surface area contributed by atoms with E-state index in [9.17, 15) is 0 Å². The molecule has 0 aliphatic rings. The summed E-state index contributed by atoms with van der Waals surface area (Å²) in [5, 5.41) is 3.17. The fourth-order valence-corrected chi connectivity index (χ4v) is 1.74. The van der Waals surface area contributed by atoms with Gasteiger partial charge >= 0.3 is 0 Å². The van der Waals surface area contributed by atoms with Crippen molar-refractivity contribution in [3.8, 4) is 5.88 Å². The molecule has 0 amide bonds. The van der Waals surface area contributed by atoms with Crippen molar-refractivity contribution < 1.29 is 4.74 Å². The molecule has 0 saturated carbocycles. The smallest absolute Gasteiger partial charge is 0.226 e. The van der Waals surface area contributed by atoms with E-state index in [1.807, 2.05) is 31.2 Å². The van der Waals surface area contributed by atoms with Gasteiger partial charge in [0.25, 0.3) is 0 Å². The van der Waals surface area contributed by atoms with E-state index in [1.54, 1.807) is 6.20 Å². The summed E-state index contributed by atoms with van der Waals surface area (Å²) >= 11 is 0. The first-order chi connectivity index (χ1) is 9.78. The molecule has 0 spiro atoms. The molecule has 0 bridgehead atoms. The van der Waals surface area contributed by atoms with Crippen molar-refractivity contribution in [2.75, 3.05) is 18.5 Å². The standard InChI is InChI=1S/C15H20N4O/c1-3-8-17-15-18-12(2)11-14(19-15)20-10-7-13-6-4-5-9-16-13/h4-6,9,11H,3,7-8,10H2,1-2H3,(H,17,18,19). The lowest BCUT2D eigenvalue weighted by Gasteiger charge is -2.08. The molecule has 106 valence electrons. The molecule has 0 unspecified atom stereocenters. The predicted molar refractivity (Wildman–Crippen MR) is 79.0 cm³/mol. The molecular weight excluding hydrogens is 252 g/mol. The molecule has 5 heteroatoms. The van der Waals surface area contributed by atoms with Crippen molar-refractivity contribution in [2.45, 2.75) is 26.7 Å². The topological polar surface area (TPSA) is 59.9 Å². The minimum Gasteiger partial charge on any atom is -0.477 e. The molecule has 2 rings (SSSR count). The van der Waals surface area contributed by atoms with Crippen molar-refractivity contribution >= 4 is 5.95 Å². The van der Waals surface area contributed by atoms with E-state index in [0.717, 1.165) is 30.8 Å². The van der Waals surface area contributed by atoms with Gasteiger partial charge in [-0.3, -0.25) is 4.98 Å². The van der Waals surface area contributed by atoms with Crippen LogP contribution in [0.3, 0.4) is 0 Å². The van der Waals surface area contributed by atoms with E-state index in [4.69, 9.17) is 4.74 Å². The van der Waals surface area contributed by atoms with Crippen LogP contribution in [0.1, 0.15) is 24.7 Å². The summed E-state index contributed by atoms with van der Waals surface area (Å²) in [5.41, 5.74) is 1.91. The number of aromatic nitrogens is 3. The zero-order valence-electron chi connectivity index (χ0n) is 12.0. The Hall–Kier alpha value is -2.17. The Morgan fingerprint density at radius 1 is 1.25 bits per heavy atom. The van der Waals surface area contributed by atoms with Crippen LogP contribution < -0.4 is 10.1 Å². The molecule has 0 aromatic carbocycles. The third-order valence-electron chi connectivity index (χ3n) is 2.70. The van der Waals surface area contributed by atoms with Gasteiger partial charge in [-0.25, -0.2) is 4.98 Å². The number of hydrogen-bond donors (Lipinski definition) is 1. The van der Waals surface area contributed by atoms with Gasteiger partial charge in [0.15, 0.2) is 0 Å². The molecule has 5 nitrogen and oxygen atoms in total. The summed E-state index contributed by atoms with van der Waals surface area (Å²) in [5.74, 6) is 1.23. The van der Waals surface area contributed by atoms with Gasteiger partial charge in [-0.05, 0) is 25.5 Å². The Morgan fingerprint density at radius 2 is 2.15 bits per heavy atom. The van der Waals surface area contributed by atoms with Crippen LogP contribution in [0.4, 0.5) is 5.95 Å². The van der Waals surface area contributed by atoms with Crippen LogP contribution in [0.15, 0.2) is 30.5 Å².